The minimum Gasteiger partial charge on any atom is -0.493 e. The van der Waals surface area contributed by atoms with E-state index in [1.54, 1.807) is 49.2 Å². The lowest BCUT2D eigenvalue weighted by Gasteiger charge is -2.18. The van der Waals surface area contributed by atoms with Crippen molar-refractivity contribution in [3.05, 3.63) is 83.7 Å². The Kier molecular flexibility index (Phi) is 6.49. The average molecular weight is 446 g/mol. The van der Waals surface area contributed by atoms with Crippen LogP contribution < -0.4 is 9.47 Å². The van der Waals surface area contributed by atoms with Crippen molar-refractivity contribution in [2.24, 2.45) is 0 Å². The van der Waals surface area contributed by atoms with Gasteiger partial charge in [0.2, 0.25) is 0 Å². The third-order valence-corrected chi connectivity index (χ3v) is 5.51. The van der Waals surface area contributed by atoms with Gasteiger partial charge in [0, 0.05) is 19.7 Å². The Bertz CT molecular complexity index is 1230. The minimum absolute atomic E-state index is 0.124. The first-order chi connectivity index (χ1) is 16.0. The zero-order chi connectivity index (χ0) is 23.4. The largest absolute Gasteiger partial charge is 0.493 e. The molecule has 0 aliphatic rings. The van der Waals surface area contributed by atoms with E-state index < -0.39 is 0 Å². The first-order valence-corrected chi connectivity index (χ1v) is 10.7. The van der Waals surface area contributed by atoms with E-state index in [0.29, 0.717) is 41.6 Å². The van der Waals surface area contributed by atoms with E-state index in [2.05, 4.69) is 5.10 Å². The molecule has 0 N–H and O–H groups in total. The molecule has 0 radical (unpaired) electrons. The average Bonchev–Trinajstić information content (AvgIpc) is 3.52. The SMILES string of the molecule is COc1ccc(CCN(C)C(=O)c2cc(-c3ccco3)nn2-c2ccc(C)cc2)cc1OC. The smallest absolute Gasteiger partial charge is 0.272 e. The summed E-state index contributed by atoms with van der Waals surface area (Å²) in [4.78, 5) is 15.1. The number of benzene rings is 2. The Morgan fingerprint density at radius 1 is 1.03 bits per heavy atom. The molecule has 4 aromatic rings. The second-order valence-electron chi connectivity index (χ2n) is 7.81. The second-order valence-corrected chi connectivity index (χ2v) is 7.81. The maximum Gasteiger partial charge on any atom is 0.272 e. The van der Waals surface area contributed by atoms with Crippen LogP contribution in [0, 0.1) is 6.92 Å². The number of aromatic nitrogens is 2. The molecule has 0 unspecified atom stereocenters. The highest BCUT2D eigenvalue weighted by atomic mass is 16.5. The maximum atomic E-state index is 13.4. The number of likely N-dealkylation sites (N-methyl/N-ethyl adjacent to an activating group) is 1. The van der Waals surface area contributed by atoms with Crippen LogP contribution in [0.25, 0.3) is 17.1 Å². The van der Waals surface area contributed by atoms with E-state index in [0.717, 1.165) is 16.8 Å². The van der Waals surface area contributed by atoms with Crippen LogP contribution >= 0.6 is 0 Å². The molecule has 7 nitrogen and oxygen atoms in total. The molecule has 2 aromatic heterocycles. The zero-order valence-electron chi connectivity index (χ0n) is 19.2. The van der Waals surface area contributed by atoms with Crippen LogP contribution in [-0.4, -0.2) is 48.4 Å². The van der Waals surface area contributed by atoms with Gasteiger partial charge >= 0.3 is 0 Å². The summed E-state index contributed by atoms with van der Waals surface area (Å²) in [6.07, 6.45) is 2.27. The molecule has 0 spiro atoms. The molecule has 0 aliphatic heterocycles. The second kappa shape index (κ2) is 9.65. The number of furan rings is 1. The normalized spacial score (nSPS) is 10.8. The third-order valence-electron chi connectivity index (χ3n) is 5.51. The van der Waals surface area contributed by atoms with Gasteiger partial charge < -0.3 is 18.8 Å². The number of hydrogen-bond acceptors (Lipinski definition) is 5. The van der Waals surface area contributed by atoms with E-state index in [4.69, 9.17) is 13.9 Å². The van der Waals surface area contributed by atoms with E-state index in [1.165, 1.54) is 0 Å². The third kappa shape index (κ3) is 4.77. The topological polar surface area (TPSA) is 69.7 Å². The Labute approximate surface area is 193 Å². The Morgan fingerprint density at radius 2 is 1.79 bits per heavy atom. The standard InChI is InChI=1S/C26H27N3O4/c1-18-7-10-20(11-8-18)29-22(17-21(27-29)23-6-5-15-33-23)26(30)28(2)14-13-19-9-12-24(31-3)25(16-19)32-4/h5-12,15-17H,13-14H2,1-4H3. The summed E-state index contributed by atoms with van der Waals surface area (Å²) in [5.41, 5.74) is 4.08. The molecule has 0 bridgehead atoms. The summed E-state index contributed by atoms with van der Waals surface area (Å²) in [6, 6.07) is 19.1. The van der Waals surface area contributed by atoms with Crippen molar-refractivity contribution in [2.75, 3.05) is 27.8 Å². The number of hydrogen-bond donors (Lipinski definition) is 0. The van der Waals surface area contributed by atoms with Crippen LogP contribution in [0.1, 0.15) is 21.6 Å². The van der Waals surface area contributed by atoms with Crippen LogP contribution in [0.2, 0.25) is 0 Å². The number of nitrogens with zero attached hydrogens (tertiary/aromatic N) is 3. The molecule has 0 aliphatic carbocycles. The van der Waals surface area contributed by atoms with Crippen molar-refractivity contribution in [1.82, 2.24) is 14.7 Å². The van der Waals surface area contributed by atoms with Gasteiger partial charge in [0.1, 0.15) is 11.4 Å². The van der Waals surface area contributed by atoms with E-state index in [1.807, 2.05) is 55.5 Å². The van der Waals surface area contributed by atoms with Gasteiger partial charge in [-0.15, -0.1) is 0 Å². The number of rotatable bonds is 8. The van der Waals surface area contributed by atoms with Crippen LogP contribution in [0.5, 0.6) is 11.5 Å². The summed E-state index contributed by atoms with van der Waals surface area (Å²) >= 11 is 0. The molecule has 0 atom stereocenters. The van der Waals surface area contributed by atoms with Crippen molar-refractivity contribution in [3.63, 3.8) is 0 Å². The molecule has 170 valence electrons. The minimum atomic E-state index is -0.124. The van der Waals surface area contributed by atoms with Crippen molar-refractivity contribution in [1.29, 1.82) is 0 Å². The van der Waals surface area contributed by atoms with Crippen molar-refractivity contribution in [3.8, 4) is 28.6 Å². The molecule has 0 fully saturated rings. The molecular weight excluding hydrogens is 418 g/mol. The number of carbonyl (C=O) groups is 1. The highest BCUT2D eigenvalue weighted by Crippen LogP contribution is 2.28. The summed E-state index contributed by atoms with van der Waals surface area (Å²) in [7, 11) is 5.01. The van der Waals surface area contributed by atoms with Gasteiger partial charge in [-0.1, -0.05) is 23.8 Å². The highest BCUT2D eigenvalue weighted by Gasteiger charge is 2.21. The van der Waals surface area contributed by atoms with Crippen LogP contribution in [0.15, 0.2) is 71.3 Å². The van der Waals surface area contributed by atoms with Crippen LogP contribution in [0.4, 0.5) is 0 Å². The van der Waals surface area contributed by atoms with Crippen molar-refractivity contribution >= 4 is 5.91 Å². The predicted octanol–water partition coefficient (Wildman–Crippen LogP) is 4.77. The fraction of sp³-hybridized carbons (Fsp3) is 0.231. The predicted molar refractivity (Wildman–Crippen MR) is 126 cm³/mol. The first kappa shape index (κ1) is 22.2. The molecule has 7 heteroatoms. The van der Waals surface area contributed by atoms with Gasteiger partial charge in [-0.25, -0.2) is 4.68 Å². The molecule has 33 heavy (non-hydrogen) atoms. The summed E-state index contributed by atoms with van der Waals surface area (Å²) in [5, 5.41) is 4.66. The van der Waals surface area contributed by atoms with E-state index in [9.17, 15) is 4.79 Å². The first-order valence-electron chi connectivity index (χ1n) is 10.7. The summed E-state index contributed by atoms with van der Waals surface area (Å²) < 4.78 is 17.9. The number of amides is 1. The van der Waals surface area contributed by atoms with E-state index >= 15 is 0 Å². The Hall–Kier alpha value is -4.00. The molecule has 4 rings (SSSR count). The summed E-state index contributed by atoms with van der Waals surface area (Å²) in [6.45, 7) is 2.55. The lowest BCUT2D eigenvalue weighted by molar-refractivity contribution is 0.0787. The lowest BCUT2D eigenvalue weighted by atomic mass is 10.1. The number of aryl methyl sites for hydroxylation is 1. The monoisotopic (exact) mass is 445 g/mol. The molecule has 0 saturated carbocycles. The Balaban J connectivity index is 1.58. The van der Waals surface area contributed by atoms with Gasteiger partial charge in [0.05, 0.1) is 26.2 Å². The fourth-order valence-corrected chi connectivity index (χ4v) is 3.59. The van der Waals surface area contributed by atoms with Crippen molar-refractivity contribution < 1.29 is 18.7 Å². The van der Waals surface area contributed by atoms with Crippen LogP contribution in [0.3, 0.4) is 0 Å². The summed E-state index contributed by atoms with van der Waals surface area (Å²) in [5.74, 6) is 1.84. The maximum absolute atomic E-state index is 13.4. The molecule has 2 aromatic carbocycles. The van der Waals surface area contributed by atoms with Gasteiger partial charge in [-0.05, 0) is 55.3 Å². The number of carbonyl (C=O) groups excluding carboxylic acids is 1. The molecule has 1 amide bonds. The molecule has 0 saturated heterocycles. The van der Waals surface area contributed by atoms with Gasteiger partial charge in [0.25, 0.3) is 5.91 Å². The van der Waals surface area contributed by atoms with Gasteiger partial charge in [-0.3, -0.25) is 4.79 Å². The fourth-order valence-electron chi connectivity index (χ4n) is 3.59. The van der Waals surface area contributed by atoms with Crippen molar-refractivity contribution in [2.45, 2.75) is 13.3 Å². The van der Waals surface area contributed by atoms with E-state index in [-0.39, 0.29) is 5.91 Å². The molecular formula is C26H27N3O4. The molecule has 2 heterocycles. The van der Waals surface area contributed by atoms with Gasteiger partial charge in [0.15, 0.2) is 17.3 Å². The number of methoxy groups -OCH3 is 2. The Morgan fingerprint density at radius 3 is 2.45 bits per heavy atom. The lowest BCUT2D eigenvalue weighted by Crippen LogP contribution is -2.30. The number of ether oxygens (including phenoxy) is 2. The van der Waals surface area contributed by atoms with Crippen LogP contribution in [-0.2, 0) is 6.42 Å². The quantitative estimate of drug-likeness (QED) is 0.391. The van der Waals surface area contributed by atoms with Gasteiger partial charge in [-0.2, -0.15) is 5.10 Å². The highest BCUT2D eigenvalue weighted by molar-refractivity contribution is 5.94. The zero-order valence-corrected chi connectivity index (χ0v) is 19.2.